The predicted octanol–water partition coefficient (Wildman–Crippen LogP) is 3.31. The maximum absolute atomic E-state index is 5.67. The van der Waals surface area contributed by atoms with Crippen LogP contribution in [0.15, 0.2) is 40.9 Å². The average Bonchev–Trinajstić information content (AvgIpc) is 2.28. The van der Waals surface area contributed by atoms with Crippen molar-refractivity contribution in [3.05, 3.63) is 52.1 Å². The molecule has 0 saturated carbocycles. The van der Waals surface area contributed by atoms with Crippen molar-refractivity contribution in [1.29, 1.82) is 0 Å². The average molecular weight is 293 g/mol. The van der Waals surface area contributed by atoms with E-state index in [1.807, 2.05) is 37.3 Å². The Bertz CT molecular complexity index is 529. The first-order valence-electron chi connectivity index (χ1n) is 5.25. The molecule has 0 unspecified atom stereocenters. The first-order chi connectivity index (χ1) is 8.15. The molecule has 0 fully saturated rings. The lowest BCUT2D eigenvalue weighted by Gasteiger charge is -2.08. The summed E-state index contributed by atoms with van der Waals surface area (Å²) in [6.45, 7) is 2.45. The third-order valence-electron chi connectivity index (χ3n) is 2.29. The minimum atomic E-state index is 0.409. The van der Waals surface area contributed by atoms with Crippen molar-refractivity contribution in [2.45, 2.75) is 13.5 Å². The maximum Gasteiger partial charge on any atom is 0.134 e. The number of benzene rings is 1. The number of nitrogens with two attached hydrogens (primary N) is 1. The molecule has 1 aromatic heterocycles. The fourth-order valence-electron chi connectivity index (χ4n) is 1.45. The highest BCUT2D eigenvalue weighted by atomic mass is 79.9. The molecule has 4 heteroatoms. The normalized spacial score (nSPS) is 10.2. The molecule has 2 aromatic rings. The molecule has 0 radical (unpaired) electrons. The lowest BCUT2D eigenvalue weighted by atomic mass is 10.2. The van der Waals surface area contributed by atoms with Gasteiger partial charge in [-0.2, -0.15) is 0 Å². The van der Waals surface area contributed by atoms with Crippen LogP contribution in [0, 0.1) is 6.92 Å². The number of nitrogen functional groups attached to an aromatic ring is 1. The molecular formula is C13H13BrN2O. The monoisotopic (exact) mass is 292 g/mol. The minimum absolute atomic E-state index is 0.409. The van der Waals surface area contributed by atoms with Crippen molar-refractivity contribution in [2.75, 3.05) is 5.73 Å². The van der Waals surface area contributed by atoms with E-state index in [2.05, 4.69) is 20.9 Å². The molecule has 0 aliphatic rings. The Morgan fingerprint density at radius 2 is 2.12 bits per heavy atom. The third kappa shape index (κ3) is 3.20. The first kappa shape index (κ1) is 11.9. The maximum atomic E-state index is 5.67. The molecule has 0 saturated heterocycles. The number of pyridine rings is 1. The molecule has 3 nitrogen and oxygen atoms in total. The summed E-state index contributed by atoms with van der Waals surface area (Å²) in [6, 6.07) is 11.5. The van der Waals surface area contributed by atoms with Gasteiger partial charge in [0, 0.05) is 0 Å². The Morgan fingerprint density at radius 1 is 1.29 bits per heavy atom. The van der Waals surface area contributed by atoms with E-state index in [1.54, 1.807) is 6.07 Å². The summed E-state index contributed by atoms with van der Waals surface area (Å²) in [7, 11) is 0. The molecule has 88 valence electrons. The second kappa shape index (κ2) is 5.19. The van der Waals surface area contributed by atoms with Gasteiger partial charge in [0.2, 0.25) is 0 Å². The topological polar surface area (TPSA) is 48.1 Å². The number of aromatic nitrogens is 1. The smallest absolute Gasteiger partial charge is 0.134 e. The van der Waals surface area contributed by atoms with Gasteiger partial charge in [0.15, 0.2) is 0 Å². The Morgan fingerprint density at radius 3 is 2.82 bits per heavy atom. The van der Waals surface area contributed by atoms with Crippen molar-refractivity contribution in [2.24, 2.45) is 0 Å². The van der Waals surface area contributed by atoms with Crippen molar-refractivity contribution < 1.29 is 4.74 Å². The second-order valence-electron chi connectivity index (χ2n) is 3.78. The summed E-state index contributed by atoms with van der Waals surface area (Å²) >= 11 is 3.47. The van der Waals surface area contributed by atoms with E-state index in [0.29, 0.717) is 12.4 Å². The predicted molar refractivity (Wildman–Crippen MR) is 71.9 cm³/mol. The van der Waals surface area contributed by atoms with E-state index >= 15 is 0 Å². The van der Waals surface area contributed by atoms with E-state index in [-0.39, 0.29) is 0 Å². The number of rotatable bonds is 3. The van der Waals surface area contributed by atoms with Crippen LogP contribution in [0.3, 0.4) is 0 Å². The van der Waals surface area contributed by atoms with Gasteiger partial charge < -0.3 is 10.5 Å². The Labute approximate surface area is 109 Å². The van der Waals surface area contributed by atoms with Gasteiger partial charge in [0.1, 0.15) is 18.2 Å². The molecule has 0 aliphatic heterocycles. The summed E-state index contributed by atoms with van der Waals surface area (Å²) in [5.74, 6) is 1.31. The quantitative estimate of drug-likeness (QED) is 0.944. The molecule has 0 amide bonds. The fourth-order valence-corrected chi connectivity index (χ4v) is 2.06. The van der Waals surface area contributed by atoms with Gasteiger partial charge in [-0.1, -0.05) is 12.1 Å². The van der Waals surface area contributed by atoms with E-state index < -0.39 is 0 Å². The summed E-state index contributed by atoms with van der Waals surface area (Å²) in [5.41, 5.74) is 7.60. The molecule has 2 N–H and O–H groups in total. The van der Waals surface area contributed by atoms with Gasteiger partial charge in [0.25, 0.3) is 0 Å². The van der Waals surface area contributed by atoms with Gasteiger partial charge in [-0.3, -0.25) is 0 Å². The van der Waals surface area contributed by atoms with Crippen LogP contribution in [0.4, 0.5) is 5.82 Å². The molecule has 17 heavy (non-hydrogen) atoms. The van der Waals surface area contributed by atoms with E-state index in [0.717, 1.165) is 15.9 Å². The standard InChI is InChI=1S/C13H13BrN2O/c1-9-5-6-12(11(14)7-9)17-8-10-3-2-4-13(15)16-10/h2-7H,8H2,1H3,(H2,15,16). The molecule has 0 aliphatic carbocycles. The van der Waals surface area contributed by atoms with Gasteiger partial charge in [-0.15, -0.1) is 0 Å². The van der Waals surface area contributed by atoms with Crippen LogP contribution in [-0.2, 0) is 6.61 Å². The molecule has 0 spiro atoms. The zero-order chi connectivity index (χ0) is 12.3. The van der Waals surface area contributed by atoms with E-state index in [1.165, 1.54) is 5.56 Å². The Kier molecular flexibility index (Phi) is 3.64. The van der Waals surface area contributed by atoms with Crippen molar-refractivity contribution in [3.63, 3.8) is 0 Å². The lowest BCUT2D eigenvalue weighted by molar-refractivity contribution is 0.299. The van der Waals surface area contributed by atoms with E-state index in [9.17, 15) is 0 Å². The zero-order valence-electron chi connectivity index (χ0n) is 9.48. The summed E-state index contributed by atoms with van der Waals surface area (Å²) in [6.07, 6.45) is 0. The summed E-state index contributed by atoms with van der Waals surface area (Å²) in [4.78, 5) is 4.17. The van der Waals surface area contributed by atoms with E-state index in [4.69, 9.17) is 10.5 Å². The van der Waals surface area contributed by atoms with Crippen LogP contribution in [0.5, 0.6) is 5.75 Å². The van der Waals surface area contributed by atoms with Crippen LogP contribution in [0.25, 0.3) is 0 Å². The second-order valence-corrected chi connectivity index (χ2v) is 4.63. The fraction of sp³-hybridized carbons (Fsp3) is 0.154. The highest BCUT2D eigenvalue weighted by Gasteiger charge is 2.02. The number of hydrogen-bond donors (Lipinski definition) is 1. The van der Waals surface area contributed by atoms with Crippen LogP contribution >= 0.6 is 15.9 Å². The zero-order valence-corrected chi connectivity index (χ0v) is 11.1. The summed E-state index contributed by atoms with van der Waals surface area (Å²) in [5, 5.41) is 0. The number of anilines is 1. The van der Waals surface area contributed by atoms with Gasteiger partial charge >= 0.3 is 0 Å². The number of ether oxygens (including phenoxy) is 1. The molecule has 1 heterocycles. The van der Waals surface area contributed by atoms with Crippen molar-refractivity contribution >= 4 is 21.7 Å². The molecular weight excluding hydrogens is 280 g/mol. The summed E-state index contributed by atoms with van der Waals surface area (Å²) < 4.78 is 6.61. The lowest BCUT2D eigenvalue weighted by Crippen LogP contribution is -2.00. The number of hydrogen-bond acceptors (Lipinski definition) is 3. The van der Waals surface area contributed by atoms with Gasteiger partial charge in [0.05, 0.1) is 10.2 Å². The molecule has 0 atom stereocenters. The SMILES string of the molecule is Cc1ccc(OCc2cccc(N)n2)c(Br)c1. The van der Waals surface area contributed by atoms with Crippen molar-refractivity contribution in [3.8, 4) is 5.75 Å². The molecule has 0 bridgehead atoms. The molecule has 2 rings (SSSR count). The third-order valence-corrected chi connectivity index (χ3v) is 2.91. The Hall–Kier alpha value is -1.55. The number of nitrogens with zero attached hydrogens (tertiary/aromatic N) is 1. The van der Waals surface area contributed by atoms with Gasteiger partial charge in [-0.25, -0.2) is 4.98 Å². The Balaban J connectivity index is 2.07. The van der Waals surface area contributed by atoms with Crippen LogP contribution in [0.1, 0.15) is 11.3 Å². The van der Waals surface area contributed by atoms with Crippen LogP contribution in [0.2, 0.25) is 0 Å². The number of halogens is 1. The largest absolute Gasteiger partial charge is 0.486 e. The highest BCUT2D eigenvalue weighted by molar-refractivity contribution is 9.10. The van der Waals surface area contributed by atoms with Crippen LogP contribution < -0.4 is 10.5 Å². The minimum Gasteiger partial charge on any atom is -0.486 e. The van der Waals surface area contributed by atoms with Gasteiger partial charge in [-0.05, 0) is 52.7 Å². The van der Waals surface area contributed by atoms with Crippen LogP contribution in [-0.4, -0.2) is 4.98 Å². The highest BCUT2D eigenvalue weighted by Crippen LogP contribution is 2.26. The first-order valence-corrected chi connectivity index (χ1v) is 6.05. The van der Waals surface area contributed by atoms with Crippen molar-refractivity contribution in [1.82, 2.24) is 4.98 Å². The molecule has 1 aromatic carbocycles. The number of aryl methyl sites for hydroxylation is 1.